The Bertz CT molecular complexity index is 1460. The van der Waals surface area contributed by atoms with Crippen LogP contribution < -0.4 is 10.6 Å². The molecule has 172 valence electrons. The smallest absolute Gasteiger partial charge is 0.134 e. The van der Waals surface area contributed by atoms with E-state index in [0.29, 0.717) is 11.6 Å². The van der Waals surface area contributed by atoms with Crippen molar-refractivity contribution >= 4 is 23.0 Å². The van der Waals surface area contributed by atoms with Gasteiger partial charge in [0, 0.05) is 34.6 Å². The summed E-state index contributed by atoms with van der Waals surface area (Å²) in [7, 11) is 0. The summed E-state index contributed by atoms with van der Waals surface area (Å²) >= 11 is 0. The second-order valence-corrected chi connectivity index (χ2v) is 8.43. The van der Waals surface area contributed by atoms with Gasteiger partial charge in [0.25, 0.3) is 0 Å². The van der Waals surface area contributed by atoms with Crippen molar-refractivity contribution in [3.8, 4) is 22.5 Å². The quantitative estimate of drug-likeness (QED) is 0.285. The van der Waals surface area contributed by atoms with E-state index in [1.165, 1.54) is 5.56 Å². The molecule has 35 heavy (non-hydrogen) atoms. The molecule has 0 atom stereocenters. The van der Waals surface area contributed by atoms with Crippen LogP contribution in [0.3, 0.4) is 0 Å². The highest BCUT2D eigenvalue weighted by Gasteiger charge is 2.08. The molecule has 2 heterocycles. The summed E-state index contributed by atoms with van der Waals surface area (Å²) in [6, 6.07) is 30.4. The number of aryl methyl sites for hydroxylation is 3. The highest BCUT2D eigenvalue weighted by Crippen LogP contribution is 2.26. The maximum atomic E-state index is 4.61. The van der Waals surface area contributed by atoms with Crippen LogP contribution in [0.5, 0.6) is 0 Å². The topological polar surface area (TPSA) is 75.6 Å². The minimum Gasteiger partial charge on any atom is -0.340 e. The highest BCUT2D eigenvalue weighted by molar-refractivity contribution is 5.70. The molecule has 2 aromatic heterocycles. The zero-order chi connectivity index (χ0) is 24.2. The molecule has 0 radical (unpaired) electrons. The van der Waals surface area contributed by atoms with Gasteiger partial charge in [-0.2, -0.15) is 0 Å². The standard InChI is InChI=1S/C29H26N6/c1-19-12-14-23(15-13-19)27-18-29(33-21(3)31-27)35-25-11-7-10-24(16-25)34-28-17-26(30-20(2)32-28)22-8-5-4-6-9-22/h4-18H,1-3H3,(H,30,32,34)(H,31,33,35). The molecule has 0 aliphatic heterocycles. The minimum absolute atomic E-state index is 0.711. The Morgan fingerprint density at radius 1 is 0.486 bits per heavy atom. The molecule has 0 spiro atoms. The molecule has 2 N–H and O–H groups in total. The van der Waals surface area contributed by atoms with E-state index in [1.807, 2.05) is 80.6 Å². The monoisotopic (exact) mass is 458 g/mol. The van der Waals surface area contributed by atoms with Crippen molar-refractivity contribution in [3.63, 3.8) is 0 Å². The fourth-order valence-electron chi connectivity index (χ4n) is 3.86. The Morgan fingerprint density at radius 3 is 1.54 bits per heavy atom. The largest absolute Gasteiger partial charge is 0.340 e. The Hall–Kier alpha value is -4.58. The summed E-state index contributed by atoms with van der Waals surface area (Å²) < 4.78 is 0. The zero-order valence-electron chi connectivity index (χ0n) is 19.9. The van der Waals surface area contributed by atoms with Gasteiger partial charge in [-0.1, -0.05) is 66.2 Å². The summed E-state index contributed by atoms with van der Waals surface area (Å²) in [6.45, 7) is 5.88. The van der Waals surface area contributed by atoms with E-state index in [9.17, 15) is 0 Å². The van der Waals surface area contributed by atoms with Gasteiger partial charge >= 0.3 is 0 Å². The summed E-state index contributed by atoms with van der Waals surface area (Å²) in [5, 5.41) is 6.83. The number of nitrogens with zero attached hydrogens (tertiary/aromatic N) is 4. The summed E-state index contributed by atoms with van der Waals surface area (Å²) in [4.78, 5) is 18.3. The molecule has 5 aromatic rings. The van der Waals surface area contributed by atoms with Crippen LogP contribution in [-0.2, 0) is 0 Å². The lowest BCUT2D eigenvalue weighted by atomic mass is 10.1. The van der Waals surface area contributed by atoms with E-state index < -0.39 is 0 Å². The number of hydrogen-bond acceptors (Lipinski definition) is 6. The molecule has 0 aliphatic rings. The van der Waals surface area contributed by atoms with Crippen LogP contribution in [-0.4, -0.2) is 19.9 Å². The lowest BCUT2D eigenvalue weighted by Gasteiger charge is -2.12. The van der Waals surface area contributed by atoms with E-state index in [4.69, 9.17) is 0 Å². The van der Waals surface area contributed by atoms with E-state index in [2.05, 4.69) is 61.8 Å². The highest BCUT2D eigenvalue weighted by atomic mass is 15.0. The number of aromatic nitrogens is 4. The van der Waals surface area contributed by atoms with Crippen molar-refractivity contribution in [2.75, 3.05) is 10.6 Å². The van der Waals surface area contributed by atoms with E-state index in [0.717, 1.165) is 45.5 Å². The molecule has 0 fully saturated rings. The Labute approximate surface area is 205 Å². The van der Waals surface area contributed by atoms with Gasteiger partial charge in [-0.15, -0.1) is 0 Å². The molecular weight excluding hydrogens is 432 g/mol. The molecule has 5 rings (SSSR count). The summed E-state index contributed by atoms with van der Waals surface area (Å²) in [5.74, 6) is 2.91. The third kappa shape index (κ3) is 5.50. The molecule has 0 aliphatic carbocycles. The van der Waals surface area contributed by atoms with Crippen LogP contribution >= 0.6 is 0 Å². The molecule has 3 aromatic carbocycles. The molecule has 0 unspecified atom stereocenters. The van der Waals surface area contributed by atoms with Crippen molar-refractivity contribution < 1.29 is 0 Å². The maximum Gasteiger partial charge on any atom is 0.134 e. The van der Waals surface area contributed by atoms with Gasteiger partial charge in [0.15, 0.2) is 0 Å². The van der Waals surface area contributed by atoms with Crippen LogP contribution in [0.15, 0.2) is 91.0 Å². The van der Waals surface area contributed by atoms with Crippen LogP contribution in [0.2, 0.25) is 0 Å². The summed E-state index contributed by atoms with van der Waals surface area (Å²) in [6.07, 6.45) is 0. The first-order chi connectivity index (χ1) is 17.0. The molecule has 0 amide bonds. The number of hydrogen-bond donors (Lipinski definition) is 2. The van der Waals surface area contributed by atoms with Crippen LogP contribution in [0.25, 0.3) is 22.5 Å². The van der Waals surface area contributed by atoms with Crippen molar-refractivity contribution in [1.29, 1.82) is 0 Å². The van der Waals surface area contributed by atoms with Crippen LogP contribution in [0.1, 0.15) is 17.2 Å². The molecule has 0 saturated carbocycles. The number of anilines is 4. The van der Waals surface area contributed by atoms with Gasteiger partial charge in [0.05, 0.1) is 11.4 Å². The fraction of sp³-hybridized carbons (Fsp3) is 0.103. The maximum absolute atomic E-state index is 4.61. The molecule has 0 saturated heterocycles. The average Bonchev–Trinajstić information content (AvgIpc) is 2.84. The van der Waals surface area contributed by atoms with Gasteiger partial charge in [0.1, 0.15) is 23.3 Å². The molecule has 6 nitrogen and oxygen atoms in total. The first-order valence-electron chi connectivity index (χ1n) is 11.5. The zero-order valence-corrected chi connectivity index (χ0v) is 19.9. The molecular formula is C29H26N6. The van der Waals surface area contributed by atoms with Gasteiger partial charge in [-0.3, -0.25) is 0 Å². The van der Waals surface area contributed by atoms with E-state index in [-0.39, 0.29) is 0 Å². The average molecular weight is 459 g/mol. The predicted octanol–water partition coefficient (Wildman–Crippen LogP) is 7.01. The second-order valence-electron chi connectivity index (χ2n) is 8.43. The molecule has 0 bridgehead atoms. The Balaban J connectivity index is 1.38. The van der Waals surface area contributed by atoms with Crippen molar-refractivity contribution in [2.24, 2.45) is 0 Å². The number of rotatable bonds is 6. The minimum atomic E-state index is 0.711. The lowest BCUT2D eigenvalue weighted by Crippen LogP contribution is -2.01. The van der Waals surface area contributed by atoms with E-state index >= 15 is 0 Å². The number of benzene rings is 3. The second kappa shape index (κ2) is 9.73. The van der Waals surface area contributed by atoms with Crippen molar-refractivity contribution in [1.82, 2.24) is 19.9 Å². The van der Waals surface area contributed by atoms with Crippen molar-refractivity contribution in [3.05, 3.63) is 108 Å². The third-order valence-electron chi connectivity index (χ3n) is 5.50. The number of nitrogens with one attached hydrogen (secondary N) is 2. The normalized spacial score (nSPS) is 10.7. The predicted molar refractivity (Wildman–Crippen MR) is 142 cm³/mol. The Kier molecular flexibility index (Phi) is 6.18. The van der Waals surface area contributed by atoms with Gasteiger partial charge in [0.2, 0.25) is 0 Å². The van der Waals surface area contributed by atoms with Crippen LogP contribution in [0.4, 0.5) is 23.0 Å². The fourth-order valence-corrected chi connectivity index (χ4v) is 3.86. The van der Waals surface area contributed by atoms with E-state index in [1.54, 1.807) is 0 Å². The lowest BCUT2D eigenvalue weighted by molar-refractivity contribution is 1.06. The van der Waals surface area contributed by atoms with Gasteiger partial charge in [-0.05, 0) is 39.0 Å². The molecule has 6 heteroatoms. The SMILES string of the molecule is Cc1ccc(-c2cc(Nc3cccc(Nc4cc(-c5ccccc5)nc(C)n4)c3)nc(C)n2)cc1. The first-order valence-corrected chi connectivity index (χ1v) is 11.5. The van der Waals surface area contributed by atoms with Gasteiger partial charge in [-0.25, -0.2) is 19.9 Å². The summed E-state index contributed by atoms with van der Waals surface area (Å²) in [5.41, 5.74) is 6.94. The van der Waals surface area contributed by atoms with Crippen molar-refractivity contribution in [2.45, 2.75) is 20.8 Å². The van der Waals surface area contributed by atoms with Crippen LogP contribution in [0, 0.1) is 20.8 Å². The first kappa shape index (κ1) is 22.2. The third-order valence-corrected chi connectivity index (χ3v) is 5.50. The van der Waals surface area contributed by atoms with Gasteiger partial charge < -0.3 is 10.6 Å². The Morgan fingerprint density at radius 2 is 1.00 bits per heavy atom.